The number of hydrogen-bond acceptors (Lipinski definition) is 3. The predicted octanol–water partition coefficient (Wildman–Crippen LogP) is -0.364. The third-order valence-electron chi connectivity index (χ3n) is 3.78. The molecule has 0 aliphatic heterocycles. The third-order valence-corrected chi connectivity index (χ3v) is 4.07. The van der Waals surface area contributed by atoms with Crippen molar-refractivity contribution in [2.45, 2.75) is 30.7 Å². The summed E-state index contributed by atoms with van der Waals surface area (Å²) in [5.74, 6) is -0.458. The maximum Gasteiger partial charge on any atom is 1.00 e. The first-order valence-corrected chi connectivity index (χ1v) is 7.17. The molecule has 0 saturated heterocycles. The summed E-state index contributed by atoms with van der Waals surface area (Å²) in [5, 5.41) is 0.331. The van der Waals surface area contributed by atoms with Crippen LogP contribution < -0.4 is 35.3 Å². The van der Waals surface area contributed by atoms with Gasteiger partial charge in [0.25, 0.3) is 0 Å². The van der Waals surface area contributed by atoms with E-state index in [0.29, 0.717) is 10.6 Å². The van der Waals surface area contributed by atoms with E-state index in [4.69, 9.17) is 18.4 Å². The van der Waals surface area contributed by atoms with E-state index < -0.39 is 5.91 Å². The molecule has 102 valence electrons. The molecule has 3 nitrogen and oxygen atoms in total. The Morgan fingerprint density at radius 1 is 1.10 bits per heavy atom. The van der Waals surface area contributed by atoms with E-state index in [2.05, 4.69) is 4.98 Å². The van der Waals surface area contributed by atoms with E-state index in [1.165, 1.54) is 0 Å². The number of pyridine rings is 1. The van der Waals surface area contributed by atoms with Gasteiger partial charge in [0, 0.05) is 11.1 Å². The van der Waals surface area contributed by atoms with Gasteiger partial charge in [0.15, 0.2) is 0 Å². The summed E-state index contributed by atoms with van der Waals surface area (Å²) in [4.78, 5) is 16.1. The van der Waals surface area contributed by atoms with Gasteiger partial charge >= 0.3 is 29.6 Å². The van der Waals surface area contributed by atoms with Gasteiger partial charge < -0.3 is 18.4 Å². The molecule has 1 aromatic carbocycles. The van der Waals surface area contributed by atoms with Gasteiger partial charge in [0.1, 0.15) is 0 Å². The zero-order valence-electron chi connectivity index (χ0n) is 12.1. The molecule has 5 heteroatoms. The van der Waals surface area contributed by atoms with Gasteiger partial charge in [-0.15, -0.1) is 0 Å². The fraction of sp³-hybridized carbons (Fsp3) is 0.250. The molecule has 1 aliphatic carbocycles. The molecule has 1 heterocycles. The number of primary amides is 1. The second-order valence-corrected chi connectivity index (χ2v) is 5.42. The first kappa shape index (κ1) is 16.4. The molecular formula is C16H15N2NaOS. The molecule has 2 aromatic rings. The van der Waals surface area contributed by atoms with Crippen LogP contribution in [0.5, 0.6) is 0 Å². The normalized spacial score (nSPS) is 13.1. The molecule has 1 amide bonds. The zero-order chi connectivity index (χ0) is 14.1. The number of nitrogens with two attached hydrogens (primary N) is 1. The number of hydrogen-bond donors (Lipinski definition) is 1. The van der Waals surface area contributed by atoms with Crippen molar-refractivity contribution >= 4 is 18.5 Å². The number of carbonyl (C=O) groups excluding carboxylic acids is 1. The van der Waals surface area contributed by atoms with Gasteiger partial charge in [-0.3, -0.25) is 9.78 Å². The average Bonchev–Trinajstić information content (AvgIpc) is 2.47. The Labute approximate surface area is 152 Å². The molecular weight excluding hydrogens is 291 g/mol. The summed E-state index contributed by atoms with van der Waals surface area (Å²) >= 11 is 5.29. The van der Waals surface area contributed by atoms with Crippen LogP contribution in [0.25, 0.3) is 11.3 Å². The minimum atomic E-state index is -0.458. The Bertz CT molecular complexity index is 674. The fourth-order valence-corrected chi connectivity index (χ4v) is 3.20. The van der Waals surface area contributed by atoms with Crippen LogP contribution in [0.4, 0.5) is 0 Å². The number of rotatable bonds is 2. The molecule has 3 rings (SSSR count). The van der Waals surface area contributed by atoms with E-state index in [1.54, 1.807) is 0 Å². The molecule has 2 N–H and O–H groups in total. The Morgan fingerprint density at radius 3 is 2.33 bits per heavy atom. The number of amides is 1. The largest absolute Gasteiger partial charge is 1.00 e. The van der Waals surface area contributed by atoms with E-state index in [-0.39, 0.29) is 29.6 Å². The van der Waals surface area contributed by atoms with Gasteiger partial charge in [-0.2, -0.15) is 0 Å². The number of benzene rings is 1. The van der Waals surface area contributed by atoms with Crippen LogP contribution in [-0.4, -0.2) is 10.9 Å². The van der Waals surface area contributed by atoms with Crippen LogP contribution >= 0.6 is 0 Å². The predicted molar refractivity (Wildman–Crippen MR) is 80.5 cm³/mol. The van der Waals surface area contributed by atoms with E-state index in [0.717, 1.165) is 48.1 Å². The second-order valence-electron chi connectivity index (χ2n) is 5.04. The van der Waals surface area contributed by atoms with Gasteiger partial charge in [-0.25, -0.2) is 0 Å². The molecule has 0 spiro atoms. The summed E-state index contributed by atoms with van der Waals surface area (Å²) in [6.45, 7) is 0. The summed E-state index contributed by atoms with van der Waals surface area (Å²) < 4.78 is 0. The molecule has 21 heavy (non-hydrogen) atoms. The minimum Gasteiger partial charge on any atom is -0.759 e. The third kappa shape index (κ3) is 3.14. The molecule has 1 aliphatic rings. The van der Waals surface area contributed by atoms with Crippen molar-refractivity contribution in [1.82, 2.24) is 4.98 Å². The molecule has 0 radical (unpaired) electrons. The number of aromatic nitrogens is 1. The van der Waals surface area contributed by atoms with Crippen LogP contribution in [0.1, 0.15) is 34.3 Å². The van der Waals surface area contributed by atoms with Gasteiger partial charge in [0.05, 0.1) is 5.69 Å². The number of nitrogens with zero attached hydrogens (tertiary/aromatic N) is 1. The molecule has 0 fully saturated rings. The van der Waals surface area contributed by atoms with Crippen LogP contribution in [-0.2, 0) is 25.5 Å². The zero-order valence-corrected chi connectivity index (χ0v) is 14.9. The van der Waals surface area contributed by atoms with Gasteiger partial charge in [-0.1, -0.05) is 35.4 Å². The van der Waals surface area contributed by atoms with Gasteiger partial charge in [0.2, 0.25) is 5.91 Å². The van der Waals surface area contributed by atoms with Crippen LogP contribution in [0, 0.1) is 0 Å². The van der Waals surface area contributed by atoms with Crippen LogP contribution in [0.2, 0.25) is 0 Å². The molecule has 0 bridgehead atoms. The van der Waals surface area contributed by atoms with Crippen molar-refractivity contribution < 1.29 is 34.4 Å². The van der Waals surface area contributed by atoms with Crippen molar-refractivity contribution in [2.24, 2.45) is 5.73 Å². The van der Waals surface area contributed by atoms with E-state index in [9.17, 15) is 4.79 Å². The van der Waals surface area contributed by atoms with E-state index >= 15 is 0 Å². The summed E-state index contributed by atoms with van der Waals surface area (Å²) in [7, 11) is 0. The molecule has 1 aromatic heterocycles. The van der Waals surface area contributed by atoms with Crippen molar-refractivity contribution in [3.05, 3.63) is 47.0 Å². The summed E-state index contributed by atoms with van der Waals surface area (Å²) in [5.41, 5.74) is 10.1. The second kappa shape index (κ2) is 6.88. The van der Waals surface area contributed by atoms with Crippen molar-refractivity contribution in [3.8, 4) is 11.3 Å². The number of carbonyl (C=O) groups is 1. The Hall–Kier alpha value is -0.940. The molecule has 0 unspecified atom stereocenters. The fourth-order valence-electron chi connectivity index (χ4n) is 2.89. The molecule has 0 atom stereocenters. The smallest absolute Gasteiger partial charge is 0.759 e. The van der Waals surface area contributed by atoms with Crippen LogP contribution in [0.3, 0.4) is 0 Å². The maximum atomic E-state index is 11.7. The van der Waals surface area contributed by atoms with E-state index in [1.807, 2.05) is 30.3 Å². The minimum absolute atomic E-state index is 0. The SMILES string of the molecule is NC(=O)c1c([S-])nc(-c2ccccc2)c2c1CCCC2.[Na+]. The van der Waals surface area contributed by atoms with Gasteiger partial charge in [-0.05, 0) is 36.8 Å². The Balaban J connectivity index is 0.00000161. The number of fused-ring (bicyclic) bond motifs is 1. The van der Waals surface area contributed by atoms with Crippen LogP contribution in [0.15, 0.2) is 35.4 Å². The quantitative estimate of drug-likeness (QED) is 0.609. The monoisotopic (exact) mass is 306 g/mol. The average molecular weight is 306 g/mol. The topological polar surface area (TPSA) is 56.0 Å². The maximum absolute atomic E-state index is 11.7. The summed E-state index contributed by atoms with van der Waals surface area (Å²) in [6, 6.07) is 9.99. The van der Waals surface area contributed by atoms with Crippen molar-refractivity contribution in [3.63, 3.8) is 0 Å². The molecule has 0 saturated carbocycles. The standard InChI is InChI=1S/C16H16N2OS.Na/c17-15(19)13-11-8-4-5-9-12(11)14(18-16(13)20)10-6-2-1-3-7-10;/h1-3,6-7H,4-5,8-9H2,(H2,17,19)(H,18,20);/q;+1/p-1. The van der Waals surface area contributed by atoms with Crippen molar-refractivity contribution in [1.29, 1.82) is 0 Å². The summed E-state index contributed by atoms with van der Waals surface area (Å²) in [6.07, 6.45) is 3.98. The van der Waals surface area contributed by atoms with Crippen molar-refractivity contribution in [2.75, 3.05) is 0 Å². The first-order valence-electron chi connectivity index (χ1n) is 6.76. The Morgan fingerprint density at radius 2 is 1.71 bits per heavy atom. The Kier molecular flexibility index (Phi) is 5.38. The first-order chi connectivity index (χ1) is 9.68.